The van der Waals surface area contributed by atoms with E-state index in [4.69, 9.17) is 0 Å². The van der Waals surface area contributed by atoms with Gasteiger partial charge < -0.3 is 25.9 Å². The summed E-state index contributed by atoms with van der Waals surface area (Å²) >= 11 is 0. The SMILES string of the molecule is CCC[N+](C)(C)CC[N+](C)(C)CCC.[Br-]. The summed E-state index contributed by atoms with van der Waals surface area (Å²) in [6.45, 7) is 9.72. The molecule has 0 N–H and O–H groups in total. The van der Waals surface area contributed by atoms with E-state index in [2.05, 4.69) is 42.0 Å². The quantitative estimate of drug-likeness (QED) is 0.524. The lowest BCUT2D eigenvalue weighted by Gasteiger charge is -2.35. The van der Waals surface area contributed by atoms with Crippen LogP contribution in [0.2, 0.25) is 0 Å². The Bertz CT molecular complexity index is 138. The maximum Gasteiger partial charge on any atom is 0.128 e. The topological polar surface area (TPSA) is 0 Å². The Balaban J connectivity index is 0. The van der Waals surface area contributed by atoms with Gasteiger partial charge in [-0.1, -0.05) is 13.8 Å². The van der Waals surface area contributed by atoms with Crippen LogP contribution < -0.4 is 17.0 Å². The van der Waals surface area contributed by atoms with Crippen LogP contribution in [0.4, 0.5) is 0 Å². The maximum absolute atomic E-state index is 2.34. The van der Waals surface area contributed by atoms with E-state index in [1.807, 2.05) is 0 Å². The van der Waals surface area contributed by atoms with Gasteiger partial charge in [-0.25, -0.2) is 0 Å². The van der Waals surface area contributed by atoms with Gasteiger partial charge in [-0.15, -0.1) is 0 Å². The molecule has 0 fully saturated rings. The Morgan fingerprint density at radius 3 is 1.07 bits per heavy atom. The van der Waals surface area contributed by atoms with Crippen LogP contribution in [-0.2, 0) is 0 Å². The first kappa shape index (κ1) is 17.8. The van der Waals surface area contributed by atoms with E-state index in [0.717, 1.165) is 0 Å². The molecule has 0 saturated carbocycles. The molecule has 0 rings (SSSR count). The molecule has 0 aromatic carbocycles. The number of likely N-dealkylation sites (N-methyl/N-ethyl adjacent to an activating group) is 2. The average molecular weight is 282 g/mol. The molecule has 0 spiro atoms. The molecule has 0 aromatic rings. The molecule has 0 bridgehead atoms. The maximum atomic E-state index is 2.34. The van der Waals surface area contributed by atoms with Crippen molar-refractivity contribution in [3.63, 3.8) is 0 Å². The third kappa shape index (κ3) is 9.34. The van der Waals surface area contributed by atoms with Gasteiger partial charge in [-0.3, -0.25) is 0 Å². The van der Waals surface area contributed by atoms with Crippen molar-refractivity contribution >= 4 is 0 Å². The molecule has 0 unspecified atom stereocenters. The predicted molar refractivity (Wildman–Crippen MR) is 64.3 cm³/mol. The molecule has 2 nitrogen and oxygen atoms in total. The minimum atomic E-state index is 0. The summed E-state index contributed by atoms with van der Waals surface area (Å²) in [5, 5.41) is 0. The zero-order valence-electron chi connectivity index (χ0n) is 11.5. The Hall–Kier alpha value is 0.400. The van der Waals surface area contributed by atoms with Crippen molar-refractivity contribution in [3.8, 4) is 0 Å². The van der Waals surface area contributed by atoms with Crippen molar-refractivity contribution in [1.82, 2.24) is 0 Å². The third-order valence-corrected chi connectivity index (χ3v) is 2.97. The van der Waals surface area contributed by atoms with Crippen LogP contribution in [0.15, 0.2) is 0 Å². The molecule has 0 saturated heterocycles. The first-order chi connectivity index (χ1) is 6.33. The molecule has 94 valence electrons. The van der Waals surface area contributed by atoms with Gasteiger partial charge in [0.25, 0.3) is 0 Å². The lowest BCUT2D eigenvalue weighted by molar-refractivity contribution is -0.945. The van der Waals surface area contributed by atoms with E-state index in [0.29, 0.717) is 0 Å². The molecule has 0 amide bonds. The molecular weight excluding hydrogens is 252 g/mol. The molecule has 0 aromatic heterocycles. The second-order valence-electron chi connectivity index (χ2n) is 5.77. The van der Waals surface area contributed by atoms with Crippen molar-refractivity contribution < 1.29 is 25.9 Å². The molecule has 0 atom stereocenters. The smallest absolute Gasteiger partial charge is 0.128 e. The summed E-state index contributed by atoms with van der Waals surface area (Å²) in [6, 6.07) is 0. The number of quaternary nitrogens is 2. The van der Waals surface area contributed by atoms with Crippen LogP contribution in [-0.4, -0.2) is 63.3 Å². The van der Waals surface area contributed by atoms with Crippen LogP contribution in [0.5, 0.6) is 0 Å². The van der Waals surface area contributed by atoms with Crippen LogP contribution >= 0.6 is 0 Å². The Kier molecular flexibility index (Phi) is 9.05. The summed E-state index contributed by atoms with van der Waals surface area (Å²) < 4.78 is 2.34. The second kappa shape index (κ2) is 7.64. The highest BCUT2D eigenvalue weighted by Crippen LogP contribution is 2.04. The van der Waals surface area contributed by atoms with Crippen molar-refractivity contribution in [2.45, 2.75) is 26.7 Å². The number of hydrogen-bond acceptors (Lipinski definition) is 0. The molecule has 0 aliphatic carbocycles. The molecule has 15 heavy (non-hydrogen) atoms. The Labute approximate surface area is 107 Å². The lowest BCUT2D eigenvalue weighted by Crippen LogP contribution is -3.00. The standard InChI is InChI=1S/C12H30N2.BrH/c1-7-9-13(3,4)11-12-14(5,6)10-8-2;/h7-12H2,1-6H3;1H/q+2;/p-1. The normalized spacial score (nSPS) is 12.4. The van der Waals surface area contributed by atoms with E-state index < -0.39 is 0 Å². The summed E-state index contributed by atoms with van der Waals surface area (Å²) in [5.41, 5.74) is 0. The van der Waals surface area contributed by atoms with E-state index in [1.54, 1.807) is 0 Å². The van der Waals surface area contributed by atoms with E-state index >= 15 is 0 Å². The molecular formula is C12H30BrN2+. The van der Waals surface area contributed by atoms with Gasteiger partial charge in [-0.05, 0) is 12.8 Å². The van der Waals surface area contributed by atoms with Gasteiger partial charge in [0.2, 0.25) is 0 Å². The van der Waals surface area contributed by atoms with Gasteiger partial charge in [0, 0.05) is 0 Å². The average Bonchev–Trinajstić information content (AvgIpc) is 2.01. The predicted octanol–water partition coefficient (Wildman–Crippen LogP) is -1.04. The Morgan fingerprint density at radius 2 is 0.867 bits per heavy atom. The van der Waals surface area contributed by atoms with Crippen LogP contribution in [0.1, 0.15) is 26.7 Å². The molecule has 0 radical (unpaired) electrons. The summed E-state index contributed by atoms with van der Waals surface area (Å²) in [5.74, 6) is 0. The monoisotopic (exact) mass is 281 g/mol. The van der Waals surface area contributed by atoms with E-state index in [-0.39, 0.29) is 17.0 Å². The number of rotatable bonds is 7. The van der Waals surface area contributed by atoms with Gasteiger partial charge in [0.05, 0.1) is 41.3 Å². The lowest BCUT2D eigenvalue weighted by atomic mass is 10.3. The largest absolute Gasteiger partial charge is 1.00 e. The Morgan fingerprint density at radius 1 is 0.600 bits per heavy atom. The fourth-order valence-electron chi connectivity index (χ4n) is 1.98. The van der Waals surface area contributed by atoms with Gasteiger partial charge in [-0.2, -0.15) is 0 Å². The summed E-state index contributed by atoms with van der Waals surface area (Å²) in [6.07, 6.45) is 2.57. The van der Waals surface area contributed by atoms with Gasteiger partial charge >= 0.3 is 0 Å². The highest BCUT2D eigenvalue weighted by atomic mass is 79.9. The van der Waals surface area contributed by atoms with Gasteiger partial charge in [0.15, 0.2) is 0 Å². The minimum absolute atomic E-state index is 0. The van der Waals surface area contributed by atoms with Crippen molar-refractivity contribution in [2.75, 3.05) is 54.4 Å². The molecule has 0 aliphatic heterocycles. The van der Waals surface area contributed by atoms with Crippen molar-refractivity contribution in [1.29, 1.82) is 0 Å². The van der Waals surface area contributed by atoms with E-state index in [9.17, 15) is 0 Å². The number of halogens is 1. The first-order valence-corrected chi connectivity index (χ1v) is 5.97. The summed E-state index contributed by atoms with van der Waals surface area (Å²) in [7, 11) is 9.37. The second-order valence-corrected chi connectivity index (χ2v) is 5.77. The summed E-state index contributed by atoms with van der Waals surface area (Å²) in [4.78, 5) is 0. The molecule has 0 heterocycles. The van der Waals surface area contributed by atoms with Crippen molar-refractivity contribution in [2.24, 2.45) is 0 Å². The van der Waals surface area contributed by atoms with Crippen LogP contribution in [0.3, 0.4) is 0 Å². The third-order valence-electron chi connectivity index (χ3n) is 2.97. The van der Waals surface area contributed by atoms with Crippen LogP contribution in [0, 0.1) is 0 Å². The first-order valence-electron chi connectivity index (χ1n) is 5.97. The highest BCUT2D eigenvalue weighted by Gasteiger charge is 2.20. The highest BCUT2D eigenvalue weighted by molar-refractivity contribution is 4.36. The number of nitrogens with zero attached hydrogens (tertiary/aromatic N) is 2. The minimum Gasteiger partial charge on any atom is -1.00 e. The van der Waals surface area contributed by atoms with Crippen LogP contribution in [0.25, 0.3) is 0 Å². The number of hydrogen-bond donors (Lipinski definition) is 0. The van der Waals surface area contributed by atoms with Crippen molar-refractivity contribution in [3.05, 3.63) is 0 Å². The fraction of sp³-hybridized carbons (Fsp3) is 1.00. The molecule has 0 aliphatic rings. The molecule has 3 heteroatoms. The van der Waals surface area contributed by atoms with E-state index in [1.165, 1.54) is 48.0 Å². The van der Waals surface area contributed by atoms with Gasteiger partial charge in [0.1, 0.15) is 13.1 Å². The zero-order valence-corrected chi connectivity index (χ0v) is 13.1. The zero-order chi connectivity index (χ0) is 11.2. The fourth-order valence-corrected chi connectivity index (χ4v) is 1.98.